The van der Waals surface area contributed by atoms with Gasteiger partial charge in [-0.25, -0.2) is 4.79 Å². The summed E-state index contributed by atoms with van der Waals surface area (Å²) in [7, 11) is 3.67. The SMILES string of the molecule is CCNC(=NCC(C)CN(C)C(=O)OC(C)(C)C)N1CCOC(c2cnn(C)c2)C1. The first-order valence-corrected chi connectivity index (χ1v) is 10.7. The average molecular weight is 423 g/mol. The second-order valence-electron chi connectivity index (χ2n) is 8.91. The van der Waals surface area contributed by atoms with Crippen molar-refractivity contribution in [2.24, 2.45) is 18.0 Å². The number of nitrogens with zero attached hydrogens (tertiary/aromatic N) is 5. The topological polar surface area (TPSA) is 84.2 Å². The zero-order valence-corrected chi connectivity index (χ0v) is 19.5. The fraction of sp³-hybridized carbons (Fsp3) is 0.762. The van der Waals surface area contributed by atoms with Crippen molar-refractivity contribution >= 4 is 12.1 Å². The largest absolute Gasteiger partial charge is 0.444 e. The predicted octanol–water partition coefficient (Wildman–Crippen LogP) is 2.26. The van der Waals surface area contributed by atoms with Crippen LogP contribution in [0, 0.1) is 5.92 Å². The van der Waals surface area contributed by atoms with Crippen LogP contribution in [-0.2, 0) is 16.5 Å². The highest BCUT2D eigenvalue weighted by atomic mass is 16.6. The van der Waals surface area contributed by atoms with E-state index in [4.69, 9.17) is 14.5 Å². The molecule has 2 atom stereocenters. The molecule has 9 nitrogen and oxygen atoms in total. The Morgan fingerprint density at radius 1 is 1.50 bits per heavy atom. The summed E-state index contributed by atoms with van der Waals surface area (Å²) in [5.74, 6) is 1.08. The van der Waals surface area contributed by atoms with E-state index in [9.17, 15) is 4.79 Å². The van der Waals surface area contributed by atoms with E-state index in [-0.39, 0.29) is 18.1 Å². The van der Waals surface area contributed by atoms with Gasteiger partial charge in [0.2, 0.25) is 0 Å². The van der Waals surface area contributed by atoms with Gasteiger partial charge in [0.15, 0.2) is 5.96 Å². The van der Waals surface area contributed by atoms with E-state index < -0.39 is 5.60 Å². The Balaban J connectivity index is 1.95. The number of amides is 1. The van der Waals surface area contributed by atoms with Gasteiger partial charge in [0, 0.05) is 52.0 Å². The number of carbonyl (C=O) groups excluding carboxylic acids is 1. The summed E-state index contributed by atoms with van der Waals surface area (Å²) in [5.41, 5.74) is 0.580. The summed E-state index contributed by atoms with van der Waals surface area (Å²) in [4.78, 5) is 20.9. The van der Waals surface area contributed by atoms with E-state index in [0.29, 0.717) is 19.7 Å². The lowest BCUT2D eigenvalue weighted by atomic mass is 10.1. The maximum atomic E-state index is 12.2. The van der Waals surface area contributed by atoms with Crippen LogP contribution in [0.5, 0.6) is 0 Å². The molecular weight excluding hydrogens is 384 g/mol. The van der Waals surface area contributed by atoms with E-state index in [1.807, 2.05) is 40.2 Å². The van der Waals surface area contributed by atoms with Gasteiger partial charge in [-0.2, -0.15) is 5.10 Å². The van der Waals surface area contributed by atoms with Crippen molar-refractivity contribution in [2.45, 2.75) is 46.3 Å². The number of hydrogen-bond donors (Lipinski definition) is 1. The summed E-state index contributed by atoms with van der Waals surface area (Å²) in [6.07, 6.45) is 3.52. The monoisotopic (exact) mass is 422 g/mol. The van der Waals surface area contributed by atoms with Crippen LogP contribution in [0.1, 0.15) is 46.3 Å². The molecule has 0 aromatic carbocycles. The van der Waals surface area contributed by atoms with Gasteiger partial charge in [-0.15, -0.1) is 0 Å². The van der Waals surface area contributed by atoms with Gasteiger partial charge in [-0.05, 0) is 33.6 Å². The Morgan fingerprint density at radius 2 is 2.23 bits per heavy atom. The van der Waals surface area contributed by atoms with Gasteiger partial charge in [0.25, 0.3) is 0 Å². The fourth-order valence-corrected chi connectivity index (χ4v) is 3.26. The van der Waals surface area contributed by atoms with Gasteiger partial charge in [0.05, 0.1) is 19.3 Å². The van der Waals surface area contributed by atoms with Crippen LogP contribution in [0.25, 0.3) is 0 Å². The molecule has 30 heavy (non-hydrogen) atoms. The average Bonchev–Trinajstić information content (AvgIpc) is 3.10. The summed E-state index contributed by atoms with van der Waals surface area (Å²) in [6, 6.07) is 0. The summed E-state index contributed by atoms with van der Waals surface area (Å²) in [5, 5.41) is 7.64. The van der Waals surface area contributed by atoms with Gasteiger partial charge < -0.3 is 24.6 Å². The zero-order valence-electron chi connectivity index (χ0n) is 19.5. The van der Waals surface area contributed by atoms with E-state index in [0.717, 1.165) is 31.2 Å². The minimum absolute atomic E-state index is 0.0213. The lowest BCUT2D eigenvalue weighted by Crippen LogP contribution is -2.48. The quantitative estimate of drug-likeness (QED) is 0.559. The van der Waals surface area contributed by atoms with Crippen molar-refractivity contribution in [3.63, 3.8) is 0 Å². The highest BCUT2D eigenvalue weighted by molar-refractivity contribution is 5.80. The Hall–Kier alpha value is -2.29. The van der Waals surface area contributed by atoms with Crippen LogP contribution in [0.4, 0.5) is 4.79 Å². The van der Waals surface area contributed by atoms with Crippen LogP contribution in [-0.4, -0.2) is 83.6 Å². The van der Waals surface area contributed by atoms with Crippen LogP contribution in [0.3, 0.4) is 0 Å². The lowest BCUT2D eigenvalue weighted by Gasteiger charge is -2.35. The number of carbonyl (C=O) groups is 1. The van der Waals surface area contributed by atoms with Crippen LogP contribution in [0.2, 0.25) is 0 Å². The maximum absolute atomic E-state index is 12.2. The second-order valence-corrected chi connectivity index (χ2v) is 8.91. The molecule has 1 aliphatic rings. The zero-order chi connectivity index (χ0) is 22.3. The molecule has 0 spiro atoms. The number of rotatable bonds is 6. The maximum Gasteiger partial charge on any atom is 0.410 e. The Morgan fingerprint density at radius 3 is 2.83 bits per heavy atom. The molecule has 2 unspecified atom stereocenters. The third kappa shape index (κ3) is 7.51. The molecule has 0 bridgehead atoms. The van der Waals surface area contributed by atoms with Gasteiger partial charge in [-0.3, -0.25) is 9.67 Å². The lowest BCUT2D eigenvalue weighted by molar-refractivity contribution is -0.00808. The van der Waals surface area contributed by atoms with Crippen LogP contribution in [0.15, 0.2) is 17.4 Å². The van der Waals surface area contributed by atoms with Crippen molar-refractivity contribution in [2.75, 3.05) is 46.4 Å². The van der Waals surface area contributed by atoms with Crippen LogP contribution < -0.4 is 5.32 Å². The minimum Gasteiger partial charge on any atom is -0.444 e. The van der Waals surface area contributed by atoms with Crippen molar-refractivity contribution in [1.82, 2.24) is 24.9 Å². The van der Waals surface area contributed by atoms with Gasteiger partial charge >= 0.3 is 6.09 Å². The minimum atomic E-state index is -0.494. The molecule has 1 amide bonds. The molecule has 1 aliphatic heterocycles. The first-order chi connectivity index (χ1) is 14.1. The van der Waals surface area contributed by atoms with Gasteiger partial charge in [-0.1, -0.05) is 6.92 Å². The Bertz CT molecular complexity index is 712. The fourth-order valence-electron chi connectivity index (χ4n) is 3.26. The number of morpholine rings is 1. The number of ether oxygens (including phenoxy) is 2. The first kappa shape index (κ1) is 24.0. The van der Waals surface area contributed by atoms with Crippen LogP contribution >= 0.6 is 0 Å². The summed E-state index contributed by atoms with van der Waals surface area (Å²) in [6.45, 7) is 13.9. The first-order valence-electron chi connectivity index (χ1n) is 10.7. The molecule has 0 aliphatic carbocycles. The third-order valence-corrected chi connectivity index (χ3v) is 4.64. The number of aryl methyl sites for hydroxylation is 1. The number of aliphatic imine (C=N–C) groups is 1. The molecule has 170 valence electrons. The summed E-state index contributed by atoms with van der Waals surface area (Å²) >= 11 is 0. The van der Waals surface area contributed by atoms with Crippen molar-refractivity contribution in [3.8, 4) is 0 Å². The summed E-state index contributed by atoms with van der Waals surface area (Å²) < 4.78 is 13.2. The van der Waals surface area contributed by atoms with E-state index in [1.165, 1.54) is 0 Å². The molecule has 1 aromatic heterocycles. The normalized spacial score (nSPS) is 18.8. The van der Waals surface area contributed by atoms with Crippen molar-refractivity contribution in [1.29, 1.82) is 0 Å². The van der Waals surface area contributed by atoms with Crippen molar-refractivity contribution in [3.05, 3.63) is 18.0 Å². The number of guanidine groups is 1. The second kappa shape index (κ2) is 10.7. The number of hydrogen-bond acceptors (Lipinski definition) is 5. The Kier molecular flexibility index (Phi) is 8.52. The molecule has 0 saturated carbocycles. The van der Waals surface area contributed by atoms with E-state index in [1.54, 1.807) is 16.6 Å². The van der Waals surface area contributed by atoms with E-state index >= 15 is 0 Å². The van der Waals surface area contributed by atoms with Crippen molar-refractivity contribution < 1.29 is 14.3 Å². The van der Waals surface area contributed by atoms with Gasteiger partial charge in [0.1, 0.15) is 11.7 Å². The third-order valence-electron chi connectivity index (χ3n) is 4.64. The molecule has 1 N–H and O–H groups in total. The Labute approximate surface area is 180 Å². The molecule has 1 fully saturated rings. The predicted molar refractivity (Wildman–Crippen MR) is 117 cm³/mol. The molecule has 2 heterocycles. The molecule has 0 radical (unpaired) electrons. The van der Waals surface area contributed by atoms with E-state index in [2.05, 4.69) is 29.2 Å². The molecular formula is C21H38N6O3. The number of aromatic nitrogens is 2. The molecule has 1 aromatic rings. The number of nitrogens with one attached hydrogen (secondary N) is 1. The molecule has 2 rings (SSSR count). The standard InChI is InChI=1S/C21H38N6O3/c1-8-22-19(23-11-16(2)13-25(6)20(28)30-21(3,4)5)27-9-10-29-18(15-27)17-12-24-26(7)14-17/h12,14,16,18H,8-11,13,15H2,1-7H3,(H,22,23). The highest BCUT2D eigenvalue weighted by Crippen LogP contribution is 2.21. The smallest absolute Gasteiger partial charge is 0.410 e. The molecule has 9 heteroatoms. The highest BCUT2D eigenvalue weighted by Gasteiger charge is 2.25. The molecule has 1 saturated heterocycles.